The van der Waals surface area contributed by atoms with Crippen LogP contribution in [0.2, 0.25) is 0 Å². The minimum absolute atomic E-state index is 0.189. The number of hydrogen-bond acceptors (Lipinski definition) is 6. The molecule has 1 aromatic carbocycles. The van der Waals surface area contributed by atoms with Gasteiger partial charge in [0, 0.05) is 57.3 Å². The van der Waals surface area contributed by atoms with Crippen molar-refractivity contribution >= 4 is 5.91 Å². The van der Waals surface area contributed by atoms with Crippen LogP contribution in [-0.2, 0) is 11.3 Å². The first-order chi connectivity index (χ1) is 12.6. The summed E-state index contributed by atoms with van der Waals surface area (Å²) in [5.41, 5.74) is 1.10. The molecule has 0 spiro atoms. The molecule has 2 aliphatic rings. The number of hydrogen-bond donors (Lipinski definition) is 1. The Balaban J connectivity index is 1.56. The average Bonchev–Trinajstić information content (AvgIpc) is 3.07. The van der Waals surface area contributed by atoms with Gasteiger partial charge in [-0.1, -0.05) is 6.07 Å². The molecular weight excluding hydrogens is 334 g/mol. The van der Waals surface area contributed by atoms with Crippen LogP contribution in [-0.4, -0.2) is 75.8 Å². The Kier molecular flexibility index (Phi) is 6.21. The molecule has 26 heavy (non-hydrogen) atoms. The van der Waals surface area contributed by atoms with Gasteiger partial charge in [0.1, 0.15) is 0 Å². The number of carbonyl (C=O) groups is 1. The van der Waals surface area contributed by atoms with Gasteiger partial charge in [-0.25, -0.2) is 0 Å². The number of carbonyl (C=O) groups excluding carboxylic acids is 1. The predicted octanol–water partition coefficient (Wildman–Crippen LogP) is 1.11. The van der Waals surface area contributed by atoms with Crippen molar-refractivity contribution in [1.29, 1.82) is 0 Å². The van der Waals surface area contributed by atoms with Crippen molar-refractivity contribution in [2.24, 2.45) is 0 Å². The number of ether oxygens (including phenoxy) is 3. The molecule has 1 aromatic rings. The van der Waals surface area contributed by atoms with E-state index in [1.165, 1.54) is 0 Å². The Labute approximate surface area is 155 Å². The van der Waals surface area contributed by atoms with E-state index in [9.17, 15) is 4.79 Å². The monoisotopic (exact) mass is 363 g/mol. The fraction of sp³-hybridized carbons (Fsp3) is 0.632. The van der Waals surface area contributed by atoms with E-state index in [1.54, 1.807) is 21.3 Å². The highest BCUT2D eigenvalue weighted by Gasteiger charge is 2.26. The van der Waals surface area contributed by atoms with E-state index in [0.717, 1.165) is 57.0 Å². The second kappa shape index (κ2) is 8.60. The lowest BCUT2D eigenvalue weighted by Gasteiger charge is -2.36. The van der Waals surface area contributed by atoms with E-state index in [4.69, 9.17) is 14.2 Å². The summed E-state index contributed by atoms with van der Waals surface area (Å²) in [5.74, 6) is 2.25. The molecule has 1 amide bonds. The maximum Gasteiger partial charge on any atom is 0.220 e. The van der Waals surface area contributed by atoms with Crippen LogP contribution in [0.25, 0.3) is 0 Å². The fourth-order valence-electron chi connectivity index (χ4n) is 3.78. The van der Waals surface area contributed by atoms with Crippen LogP contribution in [0.1, 0.15) is 18.4 Å². The molecule has 7 nitrogen and oxygen atoms in total. The highest BCUT2D eigenvalue weighted by atomic mass is 16.5. The molecule has 3 rings (SSSR count). The maximum atomic E-state index is 11.3. The van der Waals surface area contributed by atoms with E-state index in [1.807, 2.05) is 12.1 Å². The number of nitrogens with one attached hydrogen (secondary N) is 1. The van der Waals surface area contributed by atoms with E-state index in [-0.39, 0.29) is 5.91 Å². The number of benzene rings is 1. The van der Waals surface area contributed by atoms with Gasteiger partial charge < -0.3 is 19.5 Å². The Morgan fingerprint density at radius 2 is 1.69 bits per heavy atom. The lowest BCUT2D eigenvalue weighted by Crippen LogP contribution is -2.49. The second-order valence-corrected chi connectivity index (χ2v) is 6.87. The Bertz CT molecular complexity index is 629. The number of amides is 1. The summed E-state index contributed by atoms with van der Waals surface area (Å²) in [6.07, 6.45) is 1.63. The van der Waals surface area contributed by atoms with Gasteiger partial charge in [-0.3, -0.25) is 14.6 Å². The number of rotatable bonds is 7. The van der Waals surface area contributed by atoms with Crippen LogP contribution in [0.15, 0.2) is 12.1 Å². The summed E-state index contributed by atoms with van der Waals surface area (Å²) in [6, 6.07) is 4.29. The third-order valence-electron chi connectivity index (χ3n) is 5.21. The largest absolute Gasteiger partial charge is 0.493 e. The molecule has 2 aliphatic heterocycles. The highest BCUT2D eigenvalue weighted by Crippen LogP contribution is 2.40. The standard InChI is InChI=1S/C19H29N3O4/c1-24-16-6-4-14(18(25-2)19(16)26-3)12-21-8-10-22(11-9-21)13-15-5-7-17(23)20-15/h4,6,15H,5,7-13H2,1-3H3,(H,20,23)/t15-/m0/s1. The quantitative estimate of drug-likeness (QED) is 0.783. The van der Waals surface area contributed by atoms with Gasteiger partial charge in [0.2, 0.25) is 11.7 Å². The summed E-state index contributed by atoms with van der Waals surface area (Å²) in [5, 5.41) is 3.05. The van der Waals surface area contributed by atoms with Crippen molar-refractivity contribution in [3.8, 4) is 17.2 Å². The molecule has 0 saturated carbocycles. The molecule has 0 aromatic heterocycles. The van der Waals surface area contributed by atoms with Gasteiger partial charge in [-0.2, -0.15) is 0 Å². The fourth-order valence-corrected chi connectivity index (χ4v) is 3.78. The van der Waals surface area contributed by atoms with Crippen LogP contribution in [0.5, 0.6) is 17.2 Å². The predicted molar refractivity (Wildman–Crippen MR) is 99.0 cm³/mol. The van der Waals surface area contributed by atoms with Crippen molar-refractivity contribution in [1.82, 2.24) is 15.1 Å². The van der Waals surface area contributed by atoms with Crippen molar-refractivity contribution in [3.63, 3.8) is 0 Å². The zero-order valence-electron chi connectivity index (χ0n) is 15.9. The number of piperazine rings is 1. The summed E-state index contributed by atoms with van der Waals surface area (Å²) in [4.78, 5) is 16.2. The first-order valence-corrected chi connectivity index (χ1v) is 9.16. The van der Waals surface area contributed by atoms with Gasteiger partial charge >= 0.3 is 0 Å². The topological polar surface area (TPSA) is 63.3 Å². The van der Waals surface area contributed by atoms with Crippen LogP contribution in [0.4, 0.5) is 0 Å². The zero-order valence-corrected chi connectivity index (χ0v) is 15.9. The lowest BCUT2D eigenvalue weighted by atomic mass is 10.1. The Morgan fingerprint density at radius 1 is 1.00 bits per heavy atom. The summed E-state index contributed by atoms with van der Waals surface area (Å²) in [6.45, 7) is 5.80. The van der Waals surface area contributed by atoms with E-state index >= 15 is 0 Å². The Morgan fingerprint density at radius 3 is 2.27 bits per heavy atom. The van der Waals surface area contributed by atoms with E-state index in [0.29, 0.717) is 24.0 Å². The van der Waals surface area contributed by atoms with Crippen LogP contribution < -0.4 is 19.5 Å². The molecule has 7 heteroatoms. The molecule has 144 valence electrons. The molecule has 1 atom stereocenters. The summed E-state index contributed by atoms with van der Waals surface area (Å²) >= 11 is 0. The molecule has 2 fully saturated rings. The molecule has 0 bridgehead atoms. The smallest absolute Gasteiger partial charge is 0.220 e. The zero-order chi connectivity index (χ0) is 18.5. The van der Waals surface area contributed by atoms with Crippen molar-refractivity contribution in [3.05, 3.63) is 17.7 Å². The first-order valence-electron chi connectivity index (χ1n) is 9.16. The normalized spacial score (nSPS) is 21.5. The molecule has 0 unspecified atom stereocenters. The molecule has 1 N–H and O–H groups in total. The Hall–Kier alpha value is -1.99. The van der Waals surface area contributed by atoms with Gasteiger partial charge in [-0.15, -0.1) is 0 Å². The van der Waals surface area contributed by atoms with Crippen molar-refractivity contribution in [2.45, 2.75) is 25.4 Å². The molecule has 2 saturated heterocycles. The average molecular weight is 363 g/mol. The lowest BCUT2D eigenvalue weighted by molar-refractivity contribution is -0.119. The van der Waals surface area contributed by atoms with Crippen molar-refractivity contribution in [2.75, 3.05) is 54.1 Å². The molecule has 0 radical (unpaired) electrons. The second-order valence-electron chi connectivity index (χ2n) is 6.87. The maximum absolute atomic E-state index is 11.3. The minimum Gasteiger partial charge on any atom is -0.493 e. The molecule has 2 heterocycles. The van der Waals surface area contributed by atoms with E-state index in [2.05, 4.69) is 15.1 Å². The van der Waals surface area contributed by atoms with Gasteiger partial charge in [0.25, 0.3) is 0 Å². The van der Waals surface area contributed by atoms with Crippen LogP contribution >= 0.6 is 0 Å². The first kappa shape index (κ1) is 18.8. The van der Waals surface area contributed by atoms with E-state index < -0.39 is 0 Å². The van der Waals surface area contributed by atoms with Gasteiger partial charge in [0.05, 0.1) is 21.3 Å². The number of nitrogens with zero attached hydrogens (tertiary/aromatic N) is 2. The molecule has 0 aliphatic carbocycles. The minimum atomic E-state index is 0.189. The molecular formula is C19H29N3O4. The third kappa shape index (κ3) is 4.22. The summed E-state index contributed by atoms with van der Waals surface area (Å²) in [7, 11) is 4.92. The van der Waals surface area contributed by atoms with Gasteiger partial charge in [0.15, 0.2) is 11.5 Å². The van der Waals surface area contributed by atoms with Crippen molar-refractivity contribution < 1.29 is 19.0 Å². The van der Waals surface area contributed by atoms with Gasteiger partial charge in [-0.05, 0) is 12.5 Å². The van der Waals surface area contributed by atoms with Crippen LogP contribution in [0.3, 0.4) is 0 Å². The van der Waals surface area contributed by atoms with Crippen LogP contribution in [0, 0.1) is 0 Å². The summed E-state index contributed by atoms with van der Waals surface area (Å²) < 4.78 is 16.4. The number of methoxy groups -OCH3 is 3. The SMILES string of the molecule is COc1ccc(CN2CCN(C[C@@H]3CCC(=O)N3)CC2)c(OC)c1OC. The third-order valence-corrected chi connectivity index (χ3v) is 5.21. The highest BCUT2D eigenvalue weighted by molar-refractivity contribution is 5.78.